The van der Waals surface area contributed by atoms with Gasteiger partial charge >= 0.3 is 0 Å². The number of carbonyl (C=O) groups excluding carboxylic acids is 1. The van der Waals surface area contributed by atoms with Crippen LogP contribution in [0.5, 0.6) is 0 Å². The third-order valence-corrected chi connectivity index (χ3v) is 7.36. The summed E-state index contributed by atoms with van der Waals surface area (Å²) in [6, 6.07) is 10.2. The number of thiazole rings is 1. The van der Waals surface area contributed by atoms with Crippen LogP contribution in [0.25, 0.3) is 0 Å². The van der Waals surface area contributed by atoms with Crippen LogP contribution in [0.2, 0.25) is 0 Å². The number of nitrogens with zero attached hydrogens (tertiary/aromatic N) is 5. The van der Waals surface area contributed by atoms with E-state index < -0.39 is 10.0 Å². The van der Waals surface area contributed by atoms with Gasteiger partial charge in [-0.3, -0.25) is 9.52 Å². The minimum atomic E-state index is -3.85. The monoisotopic (exact) mass is 459 g/mol. The molecule has 2 N–H and O–H groups in total. The number of para-hydroxylation sites is 1. The number of nitrogens with one attached hydrogen (secondary N) is 2. The van der Waals surface area contributed by atoms with Gasteiger partial charge in [-0.25, -0.2) is 23.4 Å². The van der Waals surface area contributed by atoms with Crippen molar-refractivity contribution in [1.82, 2.24) is 15.0 Å². The molecule has 1 amide bonds. The average Bonchev–Trinajstić information content (AvgIpc) is 3.24. The predicted molar refractivity (Wildman–Crippen MR) is 120 cm³/mol. The van der Waals surface area contributed by atoms with Crippen molar-refractivity contribution < 1.29 is 13.2 Å². The number of piperazine rings is 1. The number of hydrogen-bond acceptors (Lipinski definition) is 9. The Balaban J connectivity index is 1.37. The molecule has 1 fully saturated rings. The number of amides is 1. The Morgan fingerprint density at radius 1 is 0.968 bits per heavy atom. The summed E-state index contributed by atoms with van der Waals surface area (Å²) in [7, 11) is -3.85. The largest absolute Gasteiger partial charge is 0.368 e. The van der Waals surface area contributed by atoms with E-state index in [-0.39, 0.29) is 20.9 Å². The van der Waals surface area contributed by atoms with E-state index in [0.29, 0.717) is 5.95 Å². The molecule has 0 radical (unpaired) electrons. The highest BCUT2D eigenvalue weighted by Gasteiger charge is 2.21. The number of anilines is 4. The third kappa shape index (κ3) is 5.09. The second kappa shape index (κ2) is 8.86. The molecule has 0 atom stereocenters. The maximum atomic E-state index is 12.5. The zero-order valence-corrected chi connectivity index (χ0v) is 18.4. The Hall–Kier alpha value is -3.25. The molecule has 10 nitrogen and oxygen atoms in total. The Morgan fingerprint density at radius 3 is 2.26 bits per heavy atom. The maximum Gasteiger partial charge on any atom is 0.273 e. The summed E-state index contributed by atoms with van der Waals surface area (Å²) in [5, 5.41) is 2.68. The van der Waals surface area contributed by atoms with Crippen LogP contribution in [-0.4, -0.2) is 55.5 Å². The van der Waals surface area contributed by atoms with Gasteiger partial charge < -0.3 is 15.1 Å². The summed E-state index contributed by atoms with van der Waals surface area (Å²) in [4.78, 5) is 28.0. The number of sulfonamides is 1. The van der Waals surface area contributed by atoms with E-state index in [1.807, 2.05) is 18.2 Å². The lowest BCUT2D eigenvalue weighted by Crippen LogP contribution is -2.47. The van der Waals surface area contributed by atoms with E-state index >= 15 is 0 Å². The minimum Gasteiger partial charge on any atom is -0.368 e. The van der Waals surface area contributed by atoms with Crippen molar-refractivity contribution in [3.05, 3.63) is 48.9 Å². The second-order valence-electron chi connectivity index (χ2n) is 6.85. The number of hydrogen-bond donors (Lipinski definition) is 2. The third-order valence-electron chi connectivity index (χ3n) is 4.61. The summed E-state index contributed by atoms with van der Waals surface area (Å²) < 4.78 is 27.5. The van der Waals surface area contributed by atoms with Crippen LogP contribution in [0.4, 0.5) is 22.5 Å². The van der Waals surface area contributed by atoms with E-state index in [1.165, 1.54) is 31.2 Å². The predicted octanol–water partition coefficient (Wildman–Crippen LogP) is 2.02. The number of benzene rings is 1. The van der Waals surface area contributed by atoms with Gasteiger partial charge in [-0.15, -0.1) is 0 Å². The normalized spacial score (nSPS) is 14.4. The molecule has 3 aromatic rings. The van der Waals surface area contributed by atoms with Crippen molar-refractivity contribution >= 4 is 49.7 Å². The van der Waals surface area contributed by atoms with Crippen LogP contribution in [-0.2, 0) is 14.8 Å². The van der Waals surface area contributed by atoms with Crippen LogP contribution in [0.15, 0.2) is 53.1 Å². The van der Waals surface area contributed by atoms with Crippen molar-refractivity contribution in [1.29, 1.82) is 0 Å². The van der Waals surface area contributed by atoms with E-state index in [9.17, 15) is 13.2 Å². The Labute approximate surface area is 184 Å². The average molecular weight is 460 g/mol. The van der Waals surface area contributed by atoms with Gasteiger partial charge in [-0.1, -0.05) is 29.5 Å². The minimum absolute atomic E-state index is 0.0163. The molecular weight excluding hydrogens is 438 g/mol. The molecule has 162 valence electrons. The van der Waals surface area contributed by atoms with Gasteiger partial charge in [0.1, 0.15) is 0 Å². The fraction of sp³-hybridized carbons (Fsp3) is 0.263. The smallest absolute Gasteiger partial charge is 0.273 e. The number of aromatic nitrogens is 3. The van der Waals surface area contributed by atoms with Crippen molar-refractivity contribution in [3.8, 4) is 0 Å². The topological polar surface area (TPSA) is 120 Å². The van der Waals surface area contributed by atoms with Gasteiger partial charge in [0.15, 0.2) is 9.34 Å². The molecular formula is C19H21N7O3S2. The molecule has 0 bridgehead atoms. The lowest BCUT2D eigenvalue weighted by atomic mass is 10.2. The fourth-order valence-corrected chi connectivity index (χ4v) is 5.24. The molecule has 1 aliphatic heterocycles. The highest BCUT2D eigenvalue weighted by Crippen LogP contribution is 2.25. The highest BCUT2D eigenvalue weighted by atomic mass is 32.2. The van der Waals surface area contributed by atoms with Gasteiger partial charge in [-0.2, -0.15) is 0 Å². The standard InChI is InChI=1S/C19H21N7O3S2/c1-14(27)23-19-22-13-17(30-19)31(28,29)24-15-11-20-18(21-12-15)26-9-7-25(8-10-26)16-5-3-2-4-6-16/h2-6,11-13,24H,7-10H2,1H3,(H,22,23,27). The molecule has 4 rings (SSSR count). The van der Waals surface area contributed by atoms with Crippen LogP contribution in [0, 0.1) is 0 Å². The highest BCUT2D eigenvalue weighted by molar-refractivity contribution is 7.94. The summed E-state index contributed by atoms with van der Waals surface area (Å²) in [5.41, 5.74) is 1.44. The molecule has 1 saturated heterocycles. The number of carbonyl (C=O) groups is 1. The van der Waals surface area contributed by atoms with Crippen molar-refractivity contribution in [2.45, 2.75) is 11.1 Å². The first-order chi connectivity index (χ1) is 14.9. The maximum absolute atomic E-state index is 12.5. The van der Waals surface area contributed by atoms with Crippen LogP contribution in [0.3, 0.4) is 0 Å². The summed E-state index contributed by atoms with van der Waals surface area (Å²) >= 11 is 0.864. The first-order valence-corrected chi connectivity index (χ1v) is 11.8. The van der Waals surface area contributed by atoms with Gasteiger partial charge in [0.25, 0.3) is 10.0 Å². The summed E-state index contributed by atoms with van der Waals surface area (Å²) in [6.07, 6.45) is 4.08. The fourth-order valence-electron chi connectivity index (χ4n) is 3.14. The Kier molecular flexibility index (Phi) is 6.00. The number of rotatable bonds is 6. The van der Waals surface area contributed by atoms with Gasteiger partial charge in [0, 0.05) is 38.8 Å². The molecule has 3 heterocycles. The SMILES string of the molecule is CC(=O)Nc1ncc(S(=O)(=O)Nc2cnc(N3CCN(c4ccccc4)CC3)nc2)s1. The zero-order valence-electron chi connectivity index (χ0n) is 16.7. The van der Waals surface area contributed by atoms with Gasteiger partial charge in [0.2, 0.25) is 11.9 Å². The quantitative estimate of drug-likeness (QED) is 0.574. The van der Waals surface area contributed by atoms with Gasteiger partial charge in [-0.05, 0) is 12.1 Å². The molecule has 1 aliphatic rings. The first kappa shape index (κ1) is 21.0. The molecule has 0 aliphatic carbocycles. The molecule has 31 heavy (non-hydrogen) atoms. The second-order valence-corrected chi connectivity index (χ2v) is 9.79. The van der Waals surface area contributed by atoms with E-state index in [4.69, 9.17) is 0 Å². The van der Waals surface area contributed by atoms with Crippen LogP contribution < -0.4 is 19.8 Å². The van der Waals surface area contributed by atoms with Crippen LogP contribution in [0.1, 0.15) is 6.92 Å². The molecule has 0 saturated carbocycles. The van der Waals surface area contributed by atoms with Crippen molar-refractivity contribution in [2.75, 3.05) is 46.0 Å². The Bertz CT molecular complexity index is 1140. The first-order valence-electron chi connectivity index (χ1n) is 9.54. The zero-order chi connectivity index (χ0) is 21.8. The molecule has 2 aromatic heterocycles. The van der Waals surface area contributed by atoms with E-state index in [1.54, 1.807) is 0 Å². The van der Waals surface area contributed by atoms with E-state index in [2.05, 4.69) is 46.9 Å². The summed E-state index contributed by atoms with van der Waals surface area (Å²) in [6.45, 7) is 4.57. The Morgan fingerprint density at radius 2 is 1.61 bits per heavy atom. The molecule has 0 unspecified atom stereocenters. The molecule has 0 spiro atoms. The van der Waals surface area contributed by atoms with E-state index in [0.717, 1.165) is 37.5 Å². The van der Waals surface area contributed by atoms with Crippen LogP contribution >= 0.6 is 11.3 Å². The van der Waals surface area contributed by atoms with Crippen molar-refractivity contribution in [2.24, 2.45) is 0 Å². The molecule has 1 aromatic carbocycles. The summed E-state index contributed by atoms with van der Waals surface area (Å²) in [5.74, 6) is 0.237. The lowest BCUT2D eigenvalue weighted by Gasteiger charge is -2.36. The lowest BCUT2D eigenvalue weighted by molar-refractivity contribution is -0.114. The van der Waals surface area contributed by atoms with Gasteiger partial charge in [0.05, 0.1) is 24.3 Å². The molecule has 12 heteroatoms. The van der Waals surface area contributed by atoms with Crippen molar-refractivity contribution in [3.63, 3.8) is 0 Å².